The normalized spacial score (nSPS) is 19.1. The molecule has 0 unspecified atom stereocenters. The van der Waals surface area contributed by atoms with Crippen LogP contribution >= 0.6 is 11.8 Å². The number of anilines is 1. The lowest BCUT2D eigenvalue weighted by atomic mass is 9.79. The summed E-state index contributed by atoms with van der Waals surface area (Å²) in [6.07, 6.45) is 12.2. The summed E-state index contributed by atoms with van der Waals surface area (Å²) in [4.78, 5) is 21.9. The highest BCUT2D eigenvalue weighted by Gasteiger charge is 2.25. The maximum absolute atomic E-state index is 12.6. The van der Waals surface area contributed by atoms with Crippen molar-refractivity contribution in [2.45, 2.75) is 77.4 Å². The second kappa shape index (κ2) is 11.7. The summed E-state index contributed by atoms with van der Waals surface area (Å²) in [7, 11) is 0. The highest BCUT2D eigenvalue weighted by Crippen LogP contribution is 2.32. The van der Waals surface area contributed by atoms with Crippen molar-refractivity contribution >= 4 is 34.5 Å². The molecule has 7 nitrogen and oxygen atoms in total. The first-order chi connectivity index (χ1) is 15.0. The standard InChI is InChI=1S/C23H38N6OS/c1-5-6-7-17-8-10-18(11-9-17)22(30)24-12-13-29-21-19(15-26-29)20(25-14-16(2)3)27-23(28-21)31-4/h15-18H,5-14H2,1-4H3,(H,24,30)(H,25,27,28). The van der Waals surface area contributed by atoms with Gasteiger partial charge in [0.05, 0.1) is 18.1 Å². The van der Waals surface area contributed by atoms with Gasteiger partial charge in [0, 0.05) is 19.0 Å². The molecule has 0 saturated heterocycles. The molecule has 1 aliphatic carbocycles. The Morgan fingerprint density at radius 3 is 2.71 bits per heavy atom. The fourth-order valence-electron chi connectivity index (χ4n) is 4.26. The number of unbranched alkanes of at least 4 members (excludes halogenated alkanes) is 1. The predicted molar refractivity (Wildman–Crippen MR) is 128 cm³/mol. The van der Waals surface area contributed by atoms with Gasteiger partial charge in [0.1, 0.15) is 5.82 Å². The first-order valence-electron chi connectivity index (χ1n) is 11.8. The van der Waals surface area contributed by atoms with Crippen molar-refractivity contribution < 1.29 is 4.79 Å². The molecule has 2 aromatic rings. The summed E-state index contributed by atoms with van der Waals surface area (Å²) < 4.78 is 1.87. The van der Waals surface area contributed by atoms with E-state index < -0.39 is 0 Å². The summed E-state index contributed by atoms with van der Waals surface area (Å²) >= 11 is 1.52. The fourth-order valence-corrected chi connectivity index (χ4v) is 4.62. The van der Waals surface area contributed by atoms with Crippen LogP contribution in [0.5, 0.6) is 0 Å². The van der Waals surface area contributed by atoms with Crippen molar-refractivity contribution in [3.05, 3.63) is 6.20 Å². The van der Waals surface area contributed by atoms with E-state index in [-0.39, 0.29) is 11.8 Å². The minimum absolute atomic E-state index is 0.171. The van der Waals surface area contributed by atoms with Gasteiger partial charge in [-0.15, -0.1) is 0 Å². The Balaban J connectivity index is 1.55. The van der Waals surface area contributed by atoms with E-state index in [1.54, 1.807) is 0 Å². The van der Waals surface area contributed by atoms with Crippen LogP contribution in [-0.4, -0.2) is 45.0 Å². The Bertz CT molecular complexity index is 844. The number of amides is 1. The van der Waals surface area contributed by atoms with E-state index in [9.17, 15) is 4.79 Å². The van der Waals surface area contributed by atoms with Crippen molar-refractivity contribution in [3.8, 4) is 0 Å². The second-order valence-corrected chi connectivity index (χ2v) is 9.86. The van der Waals surface area contributed by atoms with Gasteiger partial charge >= 0.3 is 0 Å². The van der Waals surface area contributed by atoms with Gasteiger partial charge in [-0.1, -0.05) is 51.8 Å². The Labute approximate surface area is 190 Å². The number of carbonyl (C=O) groups is 1. The van der Waals surface area contributed by atoms with Gasteiger partial charge in [-0.3, -0.25) is 4.79 Å². The summed E-state index contributed by atoms with van der Waals surface area (Å²) in [5.74, 6) is 2.55. The van der Waals surface area contributed by atoms with E-state index in [0.717, 1.165) is 47.3 Å². The number of rotatable bonds is 11. The Morgan fingerprint density at radius 1 is 1.26 bits per heavy atom. The maximum Gasteiger partial charge on any atom is 0.223 e. The number of fused-ring (bicyclic) bond motifs is 1. The van der Waals surface area contributed by atoms with Gasteiger partial charge in [-0.2, -0.15) is 5.10 Å². The van der Waals surface area contributed by atoms with E-state index in [2.05, 4.69) is 46.5 Å². The smallest absolute Gasteiger partial charge is 0.223 e. The van der Waals surface area contributed by atoms with Crippen molar-refractivity contribution in [1.82, 2.24) is 25.1 Å². The van der Waals surface area contributed by atoms with Crippen LogP contribution in [0.2, 0.25) is 0 Å². The molecule has 0 bridgehead atoms. The third-order valence-corrected chi connectivity index (χ3v) is 6.69. The van der Waals surface area contributed by atoms with Gasteiger partial charge < -0.3 is 10.6 Å². The van der Waals surface area contributed by atoms with Gasteiger partial charge in [-0.05, 0) is 43.8 Å². The van der Waals surface area contributed by atoms with Crippen LogP contribution in [0.3, 0.4) is 0 Å². The molecule has 0 aliphatic heterocycles. The number of aromatic nitrogens is 4. The van der Waals surface area contributed by atoms with Gasteiger partial charge in [0.25, 0.3) is 0 Å². The molecule has 1 aliphatic rings. The largest absolute Gasteiger partial charge is 0.369 e. The molecule has 1 fully saturated rings. The first kappa shape index (κ1) is 23.8. The second-order valence-electron chi connectivity index (χ2n) is 9.09. The summed E-state index contributed by atoms with van der Waals surface area (Å²) in [5.41, 5.74) is 0.816. The zero-order valence-corrected chi connectivity index (χ0v) is 20.3. The SMILES string of the molecule is CCCCC1CCC(C(=O)NCCn2ncc3c(NCC(C)C)nc(SC)nc32)CC1. The molecule has 172 valence electrons. The zero-order chi connectivity index (χ0) is 22.2. The predicted octanol–water partition coefficient (Wildman–Crippen LogP) is 4.73. The lowest BCUT2D eigenvalue weighted by Crippen LogP contribution is -2.35. The molecule has 8 heteroatoms. The van der Waals surface area contributed by atoms with Crippen LogP contribution in [0, 0.1) is 17.8 Å². The monoisotopic (exact) mass is 446 g/mol. The molecule has 0 aromatic carbocycles. The average molecular weight is 447 g/mol. The lowest BCUT2D eigenvalue weighted by molar-refractivity contribution is -0.126. The fraction of sp³-hybridized carbons (Fsp3) is 0.739. The van der Waals surface area contributed by atoms with Gasteiger partial charge in [-0.25, -0.2) is 14.6 Å². The first-order valence-corrected chi connectivity index (χ1v) is 13.0. The highest BCUT2D eigenvalue weighted by molar-refractivity contribution is 7.98. The topological polar surface area (TPSA) is 84.7 Å². The quantitative estimate of drug-likeness (QED) is 0.383. The third kappa shape index (κ3) is 6.57. The maximum atomic E-state index is 12.6. The Morgan fingerprint density at radius 2 is 2.03 bits per heavy atom. The molecule has 2 N–H and O–H groups in total. The molecule has 2 aromatic heterocycles. The van der Waals surface area contributed by atoms with Crippen molar-refractivity contribution in [2.75, 3.05) is 24.7 Å². The van der Waals surface area contributed by atoms with Crippen molar-refractivity contribution in [2.24, 2.45) is 17.8 Å². The van der Waals surface area contributed by atoms with Crippen LogP contribution in [0.4, 0.5) is 5.82 Å². The van der Waals surface area contributed by atoms with Gasteiger partial charge in [0.15, 0.2) is 10.8 Å². The molecule has 0 radical (unpaired) electrons. The van der Waals surface area contributed by atoms with E-state index in [4.69, 9.17) is 0 Å². The number of carbonyl (C=O) groups excluding carboxylic acids is 1. The molecule has 2 heterocycles. The Kier molecular flexibility index (Phi) is 8.99. The van der Waals surface area contributed by atoms with E-state index in [0.29, 0.717) is 19.0 Å². The van der Waals surface area contributed by atoms with Crippen LogP contribution in [0.1, 0.15) is 65.7 Å². The average Bonchev–Trinajstić information content (AvgIpc) is 3.19. The minimum atomic E-state index is 0.171. The summed E-state index contributed by atoms with van der Waals surface area (Å²) in [6.45, 7) is 8.62. The van der Waals surface area contributed by atoms with Crippen molar-refractivity contribution in [3.63, 3.8) is 0 Å². The van der Waals surface area contributed by atoms with Crippen molar-refractivity contribution in [1.29, 1.82) is 0 Å². The van der Waals surface area contributed by atoms with Crippen LogP contribution in [-0.2, 0) is 11.3 Å². The molecule has 1 amide bonds. The third-order valence-electron chi connectivity index (χ3n) is 6.14. The number of thioether (sulfide) groups is 1. The molecule has 0 spiro atoms. The minimum Gasteiger partial charge on any atom is -0.369 e. The number of hydrogen-bond donors (Lipinski definition) is 2. The Hall–Kier alpha value is -1.83. The number of nitrogens with zero attached hydrogens (tertiary/aromatic N) is 4. The summed E-state index contributed by atoms with van der Waals surface area (Å²) in [5, 5.41) is 12.7. The lowest BCUT2D eigenvalue weighted by Gasteiger charge is -2.27. The van der Waals surface area contributed by atoms with Crippen LogP contribution < -0.4 is 10.6 Å². The molecule has 3 rings (SSSR count). The summed E-state index contributed by atoms with van der Waals surface area (Å²) in [6, 6.07) is 0. The van der Waals surface area contributed by atoms with E-state index in [1.165, 1.54) is 43.9 Å². The van der Waals surface area contributed by atoms with E-state index in [1.807, 2.05) is 17.1 Å². The van der Waals surface area contributed by atoms with Crippen LogP contribution in [0.15, 0.2) is 11.4 Å². The zero-order valence-electron chi connectivity index (χ0n) is 19.5. The molecular weight excluding hydrogens is 408 g/mol. The highest BCUT2D eigenvalue weighted by atomic mass is 32.2. The number of nitrogens with one attached hydrogen (secondary N) is 2. The molecule has 31 heavy (non-hydrogen) atoms. The van der Waals surface area contributed by atoms with E-state index >= 15 is 0 Å². The number of hydrogen-bond acceptors (Lipinski definition) is 6. The molecule has 1 saturated carbocycles. The van der Waals surface area contributed by atoms with Crippen LogP contribution in [0.25, 0.3) is 11.0 Å². The molecular formula is C23H38N6OS. The molecule has 0 atom stereocenters. The van der Waals surface area contributed by atoms with Gasteiger partial charge in [0.2, 0.25) is 5.91 Å².